The molecule has 2 aromatic heterocycles. The van der Waals surface area contributed by atoms with Gasteiger partial charge in [0.15, 0.2) is 5.69 Å². The fourth-order valence-corrected chi connectivity index (χ4v) is 1.85. The van der Waals surface area contributed by atoms with Crippen molar-refractivity contribution < 1.29 is 14.8 Å². The molecule has 1 aromatic carbocycles. The first kappa shape index (κ1) is 12.7. The summed E-state index contributed by atoms with van der Waals surface area (Å²) in [5, 5.41) is 24.5. The van der Waals surface area contributed by atoms with Crippen LogP contribution in [0.1, 0.15) is 10.5 Å². The molecule has 0 aliphatic carbocycles. The Balaban J connectivity index is 2.20. The molecule has 21 heavy (non-hydrogen) atoms. The number of aromatic carboxylic acids is 1. The largest absolute Gasteiger partial charge is 0.477 e. The van der Waals surface area contributed by atoms with Crippen molar-refractivity contribution in [1.29, 1.82) is 0 Å². The van der Waals surface area contributed by atoms with Crippen molar-refractivity contribution in [3.05, 3.63) is 52.5 Å². The van der Waals surface area contributed by atoms with Crippen LogP contribution in [0.5, 0.6) is 0 Å². The normalized spacial score (nSPS) is 10.7. The minimum Gasteiger partial charge on any atom is -0.477 e. The van der Waals surface area contributed by atoms with Gasteiger partial charge in [-0.05, 0) is 12.1 Å². The first-order valence-electron chi connectivity index (χ1n) is 5.75. The second-order valence-electron chi connectivity index (χ2n) is 4.10. The van der Waals surface area contributed by atoms with E-state index in [1.54, 1.807) is 6.07 Å². The maximum atomic E-state index is 10.9. The third-order valence-electron chi connectivity index (χ3n) is 2.82. The van der Waals surface area contributed by atoms with Crippen LogP contribution in [0.15, 0.2) is 36.7 Å². The predicted octanol–water partition coefficient (Wildman–Crippen LogP) is 1.42. The fraction of sp³-hybridized carbons (Fsp3) is 0. The van der Waals surface area contributed by atoms with Crippen molar-refractivity contribution in [2.45, 2.75) is 0 Å². The Bertz CT molecular complexity index is 873. The molecule has 0 aliphatic heterocycles. The van der Waals surface area contributed by atoms with Crippen LogP contribution in [0, 0.1) is 10.1 Å². The van der Waals surface area contributed by atoms with E-state index in [0.717, 1.165) is 0 Å². The number of non-ortho nitro benzene ring substituents is 1. The van der Waals surface area contributed by atoms with Crippen LogP contribution < -0.4 is 0 Å². The molecule has 0 unspecified atom stereocenters. The summed E-state index contributed by atoms with van der Waals surface area (Å²) in [6.07, 6.45) is 2.78. The topological polar surface area (TPSA) is 124 Å². The fourth-order valence-electron chi connectivity index (χ4n) is 1.85. The molecule has 9 nitrogen and oxygen atoms in total. The van der Waals surface area contributed by atoms with E-state index < -0.39 is 10.9 Å². The molecule has 0 atom stereocenters. The summed E-state index contributed by atoms with van der Waals surface area (Å²) in [7, 11) is 0. The van der Waals surface area contributed by atoms with E-state index in [1.165, 1.54) is 35.3 Å². The molecule has 104 valence electrons. The highest BCUT2D eigenvalue weighted by molar-refractivity contribution is 5.85. The molecule has 1 N–H and O–H groups in total. The minimum absolute atomic E-state index is 0.0328. The molecule has 0 radical (unpaired) electrons. The first-order valence-corrected chi connectivity index (χ1v) is 5.75. The van der Waals surface area contributed by atoms with Crippen LogP contribution in [0.3, 0.4) is 0 Å². The summed E-state index contributed by atoms with van der Waals surface area (Å²) in [5.74, 6) is -1.16. The SMILES string of the molecule is O=C(O)c1ccnc(-n2ncc3ccc([N+](=O)[O-])cc32)n1. The average molecular weight is 285 g/mol. The summed E-state index contributed by atoms with van der Waals surface area (Å²) in [4.78, 5) is 29.0. The Hall–Kier alpha value is -3.36. The van der Waals surface area contributed by atoms with Gasteiger partial charge in [0.2, 0.25) is 0 Å². The number of carboxylic acid groups (broad SMARTS) is 1. The van der Waals surface area contributed by atoms with E-state index in [0.29, 0.717) is 10.9 Å². The first-order chi connectivity index (χ1) is 10.1. The van der Waals surface area contributed by atoms with Crippen LogP contribution >= 0.6 is 0 Å². The lowest BCUT2D eigenvalue weighted by molar-refractivity contribution is -0.384. The van der Waals surface area contributed by atoms with Crippen molar-refractivity contribution in [1.82, 2.24) is 19.7 Å². The highest BCUT2D eigenvalue weighted by atomic mass is 16.6. The van der Waals surface area contributed by atoms with Crippen molar-refractivity contribution in [2.75, 3.05) is 0 Å². The van der Waals surface area contributed by atoms with Gasteiger partial charge >= 0.3 is 5.97 Å². The molecule has 3 aromatic rings. The van der Waals surface area contributed by atoms with Gasteiger partial charge in [-0.3, -0.25) is 10.1 Å². The van der Waals surface area contributed by atoms with Gasteiger partial charge in [-0.25, -0.2) is 14.8 Å². The predicted molar refractivity (Wildman–Crippen MR) is 70.3 cm³/mol. The third kappa shape index (κ3) is 2.16. The molecule has 0 fully saturated rings. The number of carboxylic acids is 1. The van der Waals surface area contributed by atoms with Gasteiger partial charge in [0, 0.05) is 23.7 Å². The van der Waals surface area contributed by atoms with Crippen LogP contribution in [0.4, 0.5) is 5.69 Å². The lowest BCUT2D eigenvalue weighted by Crippen LogP contribution is -2.08. The highest BCUT2D eigenvalue weighted by Gasteiger charge is 2.14. The molecule has 0 saturated heterocycles. The summed E-state index contributed by atoms with van der Waals surface area (Å²) in [6.45, 7) is 0. The van der Waals surface area contributed by atoms with Gasteiger partial charge in [0.25, 0.3) is 11.6 Å². The van der Waals surface area contributed by atoms with Crippen molar-refractivity contribution >= 4 is 22.6 Å². The molecule has 0 aliphatic rings. The standard InChI is InChI=1S/C12H7N5O4/c18-11(19)9-3-4-13-12(15-9)16-10-5-8(17(20)21)2-1-7(10)6-14-16/h1-6H,(H,18,19). The molecule has 2 heterocycles. The van der Waals surface area contributed by atoms with E-state index in [2.05, 4.69) is 15.1 Å². The molecule has 0 spiro atoms. The van der Waals surface area contributed by atoms with E-state index in [9.17, 15) is 14.9 Å². The number of nitrogens with zero attached hydrogens (tertiary/aromatic N) is 5. The second kappa shape index (κ2) is 4.63. The van der Waals surface area contributed by atoms with E-state index in [4.69, 9.17) is 5.11 Å². The number of rotatable bonds is 3. The van der Waals surface area contributed by atoms with E-state index >= 15 is 0 Å². The Morgan fingerprint density at radius 3 is 2.86 bits per heavy atom. The van der Waals surface area contributed by atoms with Crippen LogP contribution in [-0.2, 0) is 0 Å². The Morgan fingerprint density at radius 1 is 1.33 bits per heavy atom. The molecule has 0 amide bonds. The summed E-state index contributed by atoms with van der Waals surface area (Å²) >= 11 is 0. The van der Waals surface area contributed by atoms with Crippen molar-refractivity contribution in [3.8, 4) is 5.95 Å². The number of benzene rings is 1. The van der Waals surface area contributed by atoms with Crippen molar-refractivity contribution in [2.24, 2.45) is 0 Å². The molecular formula is C12H7N5O4. The average Bonchev–Trinajstić information content (AvgIpc) is 2.90. The summed E-state index contributed by atoms with van der Waals surface area (Å²) < 4.78 is 1.26. The van der Waals surface area contributed by atoms with Gasteiger partial charge in [0.1, 0.15) is 0 Å². The zero-order valence-corrected chi connectivity index (χ0v) is 10.4. The van der Waals surface area contributed by atoms with Gasteiger partial charge in [-0.1, -0.05) is 0 Å². The van der Waals surface area contributed by atoms with Gasteiger partial charge < -0.3 is 5.11 Å². The lowest BCUT2D eigenvalue weighted by atomic mass is 10.2. The van der Waals surface area contributed by atoms with Gasteiger partial charge in [0.05, 0.1) is 16.6 Å². The number of carbonyl (C=O) groups is 1. The quantitative estimate of drug-likeness (QED) is 0.570. The second-order valence-corrected chi connectivity index (χ2v) is 4.10. The molecule has 9 heteroatoms. The smallest absolute Gasteiger partial charge is 0.354 e. The number of hydrogen-bond donors (Lipinski definition) is 1. The number of aromatic nitrogens is 4. The Labute approximate surface area is 116 Å². The van der Waals surface area contributed by atoms with Crippen LogP contribution in [-0.4, -0.2) is 35.7 Å². The van der Waals surface area contributed by atoms with Crippen LogP contribution in [0.25, 0.3) is 16.9 Å². The number of fused-ring (bicyclic) bond motifs is 1. The molecule has 0 bridgehead atoms. The van der Waals surface area contributed by atoms with Crippen LogP contribution in [0.2, 0.25) is 0 Å². The summed E-state index contributed by atoms with van der Waals surface area (Å²) in [5.41, 5.74) is 0.138. The maximum absolute atomic E-state index is 10.9. The van der Waals surface area contributed by atoms with E-state index in [1.807, 2.05) is 0 Å². The third-order valence-corrected chi connectivity index (χ3v) is 2.82. The summed E-state index contributed by atoms with van der Waals surface area (Å²) in [6, 6.07) is 5.50. The zero-order chi connectivity index (χ0) is 15.0. The van der Waals surface area contributed by atoms with E-state index in [-0.39, 0.29) is 17.3 Å². The van der Waals surface area contributed by atoms with Crippen molar-refractivity contribution in [3.63, 3.8) is 0 Å². The lowest BCUT2D eigenvalue weighted by Gasteiger charge is -2.02. The molecular weight excluding hydrogens is 278 g/mol. The minimum atomic E-state index is -1.19. The Kier molecular flexibility index (Phi) is 2.79. The number of hydrogen-bond acceptors (Lipinski definition) is 6. The maximum Gasteiger partial charge on any atom is 0.354 e. The van der Waals surface area contributed by atoms with Gasteiger partial charge in [-0.15, -0.1) is 0 Å². The number of nitro groups is 1. The Morgan fingerprint density at radius 2 is 2.14 bits per heavy atom. The number of nitro benzene ring substituents is 1. The molecule has 0 saturated carbocycles. The van der Waals surface area contributed by atoms with Gasteiger partial charge in [-0.2, -0.15) is 9.78 Å². The highest BCUT2D eigenvalue weighted by Crippen LogP contribution is 2.22. The zero-order valence-electron chi connectivity index (χ0n) is 10.4. The monoisotopic (exact) mass is 285 g/mol. The molecule has 3 rings (SSSR count).